The number of nitrogens with zero attached hydrogens (tertiary/aromatic N) is 1. The topological polar surface area (TPSA) is 57.6 Å². The molecule has 1 aromatic carbocycles. The number of benzene rings is 1. The molecule has 1 heterocycles. The number of para-hydroxylation sites is 1. The van der Waals surface area contributed by atoms with Gasteiger partial charge >= 0.3 is 0 Å². The van der Waals surface area contributed by atoms with Gasteiger partial charge in [0.2, 0.25) is 10.0 Å². The van der Waals surface area contributed by atoms with E-state index in [1.165, 1.54) is 4.31 Å². The van der Waals surface area contributed by atoms with Crippen molar-refractivity contribution in [3.63, 3.8) is 0 Å². The van der Waals surface area contributed by atoms with Gasteiger partial charge in [-0.15, -0.1) is 0 Å². The molecule has 1 aliphatic heterocycles. The van der Waals surface area contributed by atoms with Crippen molar-refractivity contribution in [1.82, 2.24) is 0 Å². The average Bonchev–Trinajstić information content (AvgIpc) is 2.29. The molecular weight excluding hydrogens is 238 g/mol. The number of rotatable bonds is 2. The summed E-state index contributed by atoms with van der Waals surface area (Å²) in [6.45, 7) is 3.69. The largest absolute Gasteiger partial charge is 0.385 e. The third-order valence-electron chi connectivity index (χ3n) is 3.26. The highest BCUT2D eigenvalue weighted by Crippen LogP contribution is 2.38. The SMILES string of the molecule is CCS(=O)(=O)N1CCC(C)(O)c2ccccc21. The van der Waals surface area contributed by atoms with Gasteiger partial charge in [0, 0.05) is 12.1 Å². The smallest absolute Gasteiger partial charge is 0.234 e. The fourth-order valence-corrected chi connectivity index (χ4v) is 3.31. The van der Waals surface area contributed by atoms with Gasteiger partial charge in [0.1, 0.15) is 0 Å². The van der Waals surface area contributed by atoms with Crippen LogP contribution in [-0.2, 0) is 15.6 Å². The maximum absolute atomic E-state index is 12.0. The number of fused-ring (bicyclic) bond motifs is 1. The zero-order valence-electron chi connectivity index (χ0n) is 10.0. The van der Waals surface area contributed by atoms with Gasteiger partial charge in [0.05, 0.1) is 17.0 Å². The van der Waals surface area contributed by atoms with E-state index in [0.29, 0.717) is 24.2 Å². The second-order valence-corrected chi connectivity index (χ2v) is 6.70. The molecule has 0 fully saturated rings. The molecule has 2 rings (SSSR count). The third kappa shape index (κ3) is 2.05. The Balaban J connectivity index is 2.57. The Labute approximate surface area is 102 Å². The molecule has 0 saturated carbocycles. The van der Waals surface area contributed by atoms with E-state index in [9.17, 15) is 13.5 Å². The normalized spacial score (nSPS) is 24.5. The highest BCUT2D eigenvalue weighted by molar-refractivity contribution is 7.92. The molecule has 94 valence electrons. The Morgan fingerprint density at radius 2 is 2.06 bits per heavy atom. The van der Waals surface area contributed by atoms with Crippen LogP contribution in [0.4, 0.5) is 5.69 Å². The third-order valence-corrected chi connectivity index (χ3v) is 5.04. The first-order valence-corrected chi connectivity index (χ1v) is 7.32. The van der Waals surface area contributed by atoms with Gasteiger partial charge in [-0.2, -0.15) is 0 Å². The Bertz CT molecular complexity index is 522. The minimum absolute atomic E-state index is 0.0729. The van der Waals surface area contributed by atoms with Crippen molar-refractivity contribution >= 4 is 15.7 Å². The van der Waals surface area contributed by atoms with Crippen LogP contribution in [0.1, 0.15) is 25.8 Å². The number of hydrogen-bond acceptors (Lipinski definition) is 3. The van der Waals surface area contributed by atoms with Crippen molar-refractivity contribution in [2.45, 2.75) is 25.9 Å². The fourth-order valence-electron chi connectivity index (χ4n) is 2.17. The van der Waals surface area contributed by atoms with Crippen LogP contribution in [0.5, 0.6) is 0 Å². The Hall–Kier alpha value is -1.07. The van der Waals surface area contributed by atoms with Crippen molar-refractivity contribution in [2.24, 2.45) is 0 Å². The fraction of sp³-hybridized carbons (Fsp3) is 0.500. The average molecular weight is 255 g/mol. The predicted octanol–water partition coefficient (Wildman–Crippen LogP) is 1.45. The zero-order chi connectivity index (χ0) is 12.7. The lowest BCUT2D eigenvalue weighted by Crippen LogP contribution is -2.42. The molecule has 0 aromatic heterocycles. The summed E-state index contributed by atoms with van der Waals surface area (Å²) in [5.74, 6) is 0.0729. The quantitative estimate of drug-likeness (QED) is 0.870. The Kier molecular flexibility index (Phi) is 2.91. The van der Waals surface area contributed by atoms with E-state index in [2.05, 4.69) is 0 Å². The van der Waals surface area contributed by atoms with Gasteiger partial charge in [0.25, 0.3) is 0 Å². The molecule has 1 unspecified atom stereocenters. The Morgan fingerprint density at radius 3 is 2.71 bits per heavy atom. The lowest BCUT2D eigenvalue weighted by Gasteiger charge is -2.38. The minimum atomic E-state index is -3.26. The highest BCUT2D eigenvalue weighted by Gasteiger charge is 2.36. The first-order chi connectivity index (χ1) is 7.88. The number of aliphatic hydroxyl groups is 1. The zero-order valence-corrected chi connectivity index (χ0v) is 10.9. The van der Waals surface area contributed by atoms with Crippen molar-refractivity contribution in [2.75, 3.05) is 16.6 Å². The molecule has 0 radical (unpaired) electrons. The number of hydrogen-bond donors (Lipinski definition) is 1. The second-order valence-electron chi connectivity index (χ2n) is 4.51. The van der Waals surface area contributed by atoms with Crippen LogP contribution >= 0.6 is 0 Å². The molecule has 5 heteroatoms. The first kappa shape index (κ1) is 12.4. The number of anilines is 1. The molecule has 17 heavy (non-hydrogen) atoms. The van der Waals surface area contributed by atoms with E-state index < -0.39 is 15.6 Å². The summed E-state index contributed by atoms with van der Waals surface area (Å²) in [7, 11) is -3.26. The van der Waals surface area contributed by atoms with Crippen LogP contribution in [0, 0.1) is 0 Å². The van der Waals surface area contributed by atoms with Gasteiger partial charge in [0.15, 0.2) is 0 Å². The molecule has 4 nitrogen and oxygen atoms in total. The van der Waals surface area contributed by atoms with E-state index in [4.69, 9.17) is 0 Å². The minimum Gasteiger partial charge on any atom is -0.385 e. The molecule has 1 atom stereocenters. The van der Waals surface area contributed by atoms with E-state index in [-0.39, 0.29) is 5.75 Å². The van der Waals surface area contributed by atoms with E-state index in [1.807, 2.05) is 6.07 Å². The Morgan fingerprint density at radius 1 is 1.41 bits per heavy atom. The molecule has 0 amide bonds. The highest BCUT2D eigenvalue weighted by atomic mass is 32.2. The molecule has 1 aromatic rings. The summed E-state index contributed by atoms with van der Waals surface area (Å²) in [5.41, 5.74) is 0.338. The summed E-state index contributed by atoms with van der Waals surface area (Å²) in [4.78, 5) is 0. The molecule has 1 N–H and O–H groups in total. The molecule has 1 aliphatic rings. The van der Waals surface area contributed by atoms with Gasteiger partial charge < -0.3 is 5.11 Å². The maximum atomic E-state index is 12.0. The lowest BCUT2D eigenvalue weighted by atomic mass is 9.88. The van der Waals surface area contributed by atoms with Crippen LogP contribution in [0.3, 0.4) is 0 Å². The van der Waals surface area contributed by atoms with E-state index in [1.54, 1.807) is 32.0 Å². The maximum Gasteiger partial charge on any atom is 0.234 e. The van der Waals surface area contributed by atoms with Gasteiger partial charge in [-0.25, -0.2) is 8.42 Å². The first-order valence-electron chi connectivity index (χ1n) is 5.71. The summed E-state index contributed by atoms with van der Waals surface area (Å²) < 4.78 is 25.3. The summed E-state index contributed by atoms with van der Waals surface area (Å²) in [5, 5.41) is 10.3. The molecule has 0 bridgehead atoms. The van der Waals surface area contributed by atoms with Gasteiger partial charge in [-0.1, -0.05) is 18.2 Å². The molecule has 0 saturated heterocycles. The summed E-state index contributed by atoms with van der Waals surface area (Å²) >= 11 is 0. The monoisotopic (exact) mass is 255 g/mol. The van der Waals surface area contributed by atoms with Crippen molar-refractivity contribution in [1.29, 1.82) is 0 Å². The van der Waals surface area contributed by atoms with Crippen LogP contribution in [-0.4, -0.2) is 25.8 Å². The molecular formula is C12H17NO3S. The van der Waals surface area contributed by atoms with Crippen LogP contribution < -0.4 is 4.31 Å². The van der Waals surface area contributed by atoms with Crippen LogP contribution in [0.2, 0.25) is 0 Å². The van der Waals surface area contributed by atoms with Gasteiger partial charge in [-0.05, 0) is 26.3 Å². The summed E-state index contributed by atoms with van der Waals surface area (Å²) in [6.07, 6.45) is 0.420. The van der Waals surface area contributed by atoms with Crippen LogP contribution in [0.25, 0.3) is 0 Å². The lowest BCUT2D eigenvalue weighted by molar-refractivity contribution is 0.0472. The standard InChI is InChI=1S/C12H17NO3S/c1-3-17(15,16)13-9-8-12(2,14)10-6-4-5-7-11(10)13/h4-7,14H,3,8-9H2,1-2H3. The second kappa shape index (κ2) is 3.99. The van der Waals surface area contributed by atoms with E-state index >= 15 is 0 Å². The van der Waals surface area contributed by atoms with E-state index in [0.717, 1.165) is 0 Å². The summed E-state index contributed by atoms with van der Waals surface area (Å²) in [6, 6.07) is 7.14. The molecule has 0 aliphatic carbocycles. The van der Waals surface area contributed by atoms with Crippen molar-refractivity contribution in [3.05, 3.63) is 29.8 Å². The van der Waals surface area contributed by atoms with Gasteiger partial charge in [-0.3, -0.25) is 4.31 Å². The van der Waals surface area contributed by atoms with Crippen molar-refractivity contribution in [3.8, 4) is 0 Å². The van der Waals surface area contributed by atoms with Crippen LogP contribution in [0.15, 0.2) is 24.3 Å². The van der Waals surface area contributed by atoms with Crippen molar-refractivity contribution < 1.29 is 13.5 Å². The number of sulfonamides is 1. The predicted molar refractivity (Wildman–Crippen MR) is 67.4 cm³/mol. The molecule has 0 spiro atoms.